The van der Waals surface area contributed by atoms with Gasteiger partial charge in [0, 0.05) is 6.20 Å². The van der Waals surface area contributed by atoms with Gasteiger partial charge in [-0.2, -0.15) is 10.4 Å². The minimum absolute atomic E-state index is 0.480. The van der Waals surface area contributed by atoms with Crippen LogP contribution in [0.4, 0.5) is 5.82 Å². The lowest BCUT2D eigenvalue weighted by Gasteiger charge is -2.07. The molecule has 0 bridgehead atoms. The summed E-state index contributed by atoms with van der Waals surface area (Å²) in [6, 6.07) is 7.57. The van der Waals surface area contributed by atoms with Crippen LogP contribution in [0.3, 0.4) is 0 Å². The predicted molar refractivity (Wildman–Crippen MR) is 63.0 cm³/mol. The van der Waals surface area contributed by atoms with Gasteiger partial charge in [-0.3, -0.25) is 4.98 Å². The van der Waals surface area contributed by atoms with Gasteiger partial charge in [0.05, 0.1) is 24.0 Å². The molecule has 0 aliphatic heterocycles. The first-order valence-corrected chi connectivity index (χ1v) is 5.17. The number of nitrogens with zero attached hydrogens (tertiary/aromatic N) is 4. The molecule has 5 heteroatoms. The van der Waals surface area contributed by atoms with E-state index in [4.69, 9.17) is 5.26 Å². The van der Waals surface area contributed by atoms with E-state index < -0.39 is 0 Å². The van der Waals surface area contributed by atoms with Gasteiger partial charge in [-0.15, -0.1) is 5.10 Å². The lowest BCUT2D eigenvalue weighted by atomic mass is 10.2. The lowest BCUT2D eigenvalue weighted by molar-refractivity contribution is 0.963. The zero-order valence-electron chi connectivity index (χ0n) is 9.38. The second-order valence-electron chi connectivity index (χ2n) is 3.53. The number of hydrogen-bond acceptors (Lipinski definition) is 5. The van der Waals surface area contributed by atoms with E-state index in [-0.39, 0.29) is 0 Å². The minimum Gasteiger partial charge on any atom is -0.362 e. The highest BCUT2D eigenvalue weighted by Crippen LogP contribution is 2.11. The van der Waals surface area contributed by atoms with Crippen LogP contribution in [0.5, 0.6) is 0 Å². The summed E-state index contributed by atoms with van der Waals surface area (Å²) in [6.07, 6.45) is 3.24. The number of hydrogen-bond donors (Lipinski definition) is 1. The van der Waals surface area contributed by atoms with Crippen molar-refractivity contribution in [2.24, 2.45) is 0 Å². The molecule has 0 saturated carbocycles. The van der Waals surface area contributed by atoms with E-state index in [0.717, 1.165) is 11.3 Å². The zero-order valence-corrected chi connectivity index (χ0v) is 9.38. The normalized spacial score (nSPS) is 9.65. The maximum Gasteiger partial charge on any atom is 0.166 e. The number of rotatable bonds is 3. The molecule has 0 aliphatic carbocycles. The summed E-state index contributed by atoms with van der Waals surface area (Å²) in [5.74, 6) is 0.486. The smallest absolute Gasteiger partial charge is 0.166 e. The number of aromatic nitrogens is 3. The first kappa shape index (κ1) is 11.0. The molecule has 2 heterocycles. The summed E-state index contributed by atoms with van der Waals surface area (Å²) in [5, 5.41) is 19.6. The molecule has 0 atom stereocenters. The Labute approximate surface area is 99.2 Å². The zero-order chi connectivity index (χ0) is 12.1. The van der Waals surface area contributed by atoms with Crippen LogP contribution in [0.2, 0.25) is 0 Å². The van der Waals surface area contributed by atoms with Crippen LogP contribution in [0, 0.1) is 18.3 Å². The molecular formula is C12H11N5. The van der Waals surface area contributed by atoms with Crippen LogP contribution in [0.1, 0.15) is 16.8 Å². The highest BCUT2D eigenvalue weighted by atomic mass is 15.2. The summed E-state index contributed by atoms with van der Waals surface area (Å²) in [5.41, 5.74) is 2.51. The Bertz CT molecular complexity index is 559. The average Bonchev–Trinajstić information content (AvgIpc) is 2.38. The Kier molecular flexibility index (Phi) is 3.26. The van der Waals surface area contributed by atoms with Gasteiger partial charge in [-0.05, 0) is 24.6 Å². The van der Waals surface area contributed by atoms with Crippen LogP contribution >= 0.6 is 0 Å². The first-order valence-electron chi connectivity index (χ1n) is 5.17. The van der Waals surface area contributed by atoms with Crippen LogP contribution in [-0.4, -0.2) is 15.2 Å². The van der Waals surface area contributed by atoms with E-state index in [2.05, 4.69) is 26.6 Å². The third-order valence-corrected chi connectivity index (χ3v) is 2.38. The number of pyridine rings is 1. The van der Waals surface area contributed by atoms with Crippen molar-refractivity contribution in [3.8, 4) is 6.07 Å². The van der Waals surface area contributed by atoms with Crippen molar-refractivity contribution in [1.29, 1.82) is 5.26 Å². The second-order valence-corrected chi connectivity index (χ2v) is 3.53. The Hall–Kier alpha value is -2.48. The third kappa shape index (κ3) is 2.55. The van der Waals surface area contributed by atoms with E-state index in [1.807, 2.05) is 19.1 Å². The maximum absolute atomic E-state index is 8.90. The number of anilines is 1. The largest absolute Gasteiger partial charge is 0.362 e. The van der Waals surface area contributed by atoms with Crippen LogP contribution in [0.25, 0.3) is 0 Å². The van der Waals surface area contributed by atoms with Gasteiger partial charge in [-0.25, -0.2) is 0 Å². The maximum atomic E-state index is 8.90. The van der Waals surface area contributed by atoms with Crippen LogP contribution < -0.4 is 5.32 Å². The molecule has 5 nitrogen and oxygen atoms in total. The average molecular weight is 225 g/mol. The fourth-order valence-corrected chi connectivity index (χ4v) is 1.42. The van der Waals surface area contributed by atoms with Crippen molar-refractivity contribution in [3.63, 3.8) is 0 Å². The Morgan fingerprint density at radius 2 is 2.24 bits per heavy atom. The summed E-state index contributed by atoms with van der Waals surface area (Å²) in [6.45, 7) is 2.52. The Balaban J connectivity index is 2.13. The fourth-order valence-electron chi connectivity index (χ4n) is 1.42. The second kappa shape index (κ2) is 5.03. The van der Waals surface area contributed by atoms with E-state index in [1.165, 1.54) is 6.20 Å². The summed E-state index contributed by atoms with van der Waals surface area (Å²) < 4.78 is 0. The Morgan fingerprint density at radius 1 is 1.35 bits per heavy atom. The van der Waals surface area contributed by atoms with E-state index in [1.54, 1.807) is 12.3 Å². The molecule has 0 radical (unpaired) electrons. The molecule has 2 aromatic rings. The minimum atomic E-state index is 0.480. The van der Waals surface area contributed by atoms with Crippen LogP contribution in [0.15, 0.2) is 30.6 Å². The first-order chi connectivity index (χ1) is 8.31. The fraction of sp³-hybridized carbons (Fsp3) is 0.167. The summed E-state index contributed by atoms with van der Waals surface area (Å²) in [4.78, 5) is 4.26. The summed E-state index contributed by atoms with van der Waals surface area (Å²) in [7, 11) is 0. The van der Waals surface area contributed by atoms with Crippen molar-refractivity contribution in [2.45, 2.75) is 13.5 Å². The molecule has 0 spiro atoms. The predicted octanol–water partition coefficient (Wildman–Crippen LogP) is 1.66. The standard InChI is InChI=1S/C12H11N5/c1-9-3-2-5-14-11(9)8-15-12-10(7-13)4-6-16-17-12/h2-6H,8H2,1H3,(H,15,17). The molecule has 0 amide bonds. The quantitative estimate of drug-likeness (QED) is 0.859. The van der Waals surface area contributed by atoms with Gasteiger partial charge in [0.15, 0.2) is 5.82 Å². The van der Waals surface area contributed by atoms with E-state index in [9.17, 15) is 0 Å². The SMILES string of the molecule is Cc1cccnc1CNc1nnccc1C#N. The molecule has 0 aliphatic rings. The van der Waals surface area contributed by atoms with Gasteiger partial charge in [-0.1, -0.05) is 6.07 Å². The van der Waals surface area contributed by atoms with Gasteiger partial charge in [0.1, 0.15) is 6.07 Å². The summed E-state index contributed by atoms with van der Waals surface area (Å²) >= 11 is 0. The van der Waals surface area contributed by atoms with Crippen molar-refractivity contribution in [3.05, 3.63) is 47.4 Å². The van der Waals surface area contributed by atoms with E-state index >= 15 is 0 Å². The molecule has 0 fully saturated rings. The van der Waals surface area contributed by atoms with Gasteiger partial charge in [0.25, 0.3) is 0 Å². The molecular weight excluding hydrogens is 214 g/mol. The van der Waals surface area contributed by atoms with Crippen molar-refractivity contribution in [1.82, 2.24) is 15.2 Å². The molecule has 84 valence electrons. The van der Waals surface area contributed by atoms with Gasteiger partial charge >= 0.3 is 0 Å². The van der Waals surface area contributed by atoms with Crippen molar-refractivity contribution < 1.29 is 0 Å². The topological polar surface area (TPSA) is 74.5 Å². The highest BCUT2D eigenvalue weighted by Gasteiger charge is 2.04. The molecule has 0 aromatic carbocycles. The molecule has 2 rings (SSSR count). The number of nitrogens with one attached hydrogen (secondary N) is 1. The van der Waals surface area contributed by atoms with Crippen molar-refractivity contribution in [2.75, 3.05) is 5.32 Å². The lowest BCUT2D eigenvalue weighted by Crippen LogP contribution is -2.06. The molecule has 0 unspecified atom stereocenters. The molecule has 0 saturated heterocycles. The molecule has 17 heavy (non-hydrogen) atoms. The number of nitriles is 1. The van der Waals surface area contributed by atoms with Gasteiger partial charge in [0.2, 0.25) is 0 Å². The number of aryl methyl sites for hydroxylation is 1. The van der Waals surface area contributed by atoms with Crippen molar-refractivity contribution >= 4 is 5.82 Å². The Morgan fingerprint density at radius 3 is 3.00 bits per heavy atom. The third-order valence-electron chi connectivity index (χ3n) is 2.38. The van der Waals surface area contributed by atoms with Crippen LogP contribution in [-0.2, 0) is 6.54 Å². The monoisotopic (exact) mass is 225 g/mol. The van der Waals surface area contributed by atoms with E-state index in [0.29, 0.717) is 17.9 Å². The molecule has 1 N–H and O–H groups in total. The highest BCUT2D eigenvalue weighted by molar-refractivity contribution is 5.50. The van der Waals surface area contributed by atoms with Gasteiger partial charge < -0.3 is 5.32 Å². The molecule has 2 aromatic heterocycles.